The summed E-state index contributed by atoms with van der Waals surface area (Å²) >= 11 is 6.53. The molecule has 1 saturated carbocycles. The predicted octanol–water partition coefficient (Wildman–Crippen LogP) is 5.58. The quantitative estimate of drug-likeness (QED) is 0.378. The Labute approximate surface area is 202 Å². The van der Waals surface area contributed by atoms with Crippen molar-refractivity contribution in [1.82, 2.24) is 20.4 Å². The van der Waals surface area contributed by atoms with Crippen LogP contribution in [0, 0.1) is 20.8 Å². The first-order valence-electron chi connectivity index (χ1n) is 11.2. The third kappa shape index (κ3) is 5.15. The zero-order valence-electron chi connectivity index (χ0n) is 19.6. The van der Waals surface area contributed by atoms with Crippen LogP contribution in [0.2, 0.25) is 5.02 Å². The van der Waals surface area contributed by atoms with E-state index in [1.54, 1.807) is 18.2 Å². The Morgan fingerprint density at radius 1 is 1.21 bits per heavy atom. The minimum Gasteiger partial charge on any atom is -0.494 e. The van der Waals surface area contributed by atoms with Crippen LogP contribution in [-0.2, 0) is 0 Å². The summed E-state index contributed by atoms with van der Waals surface area (Å²) in [5.41, 5.74) is 3.36. The fourth-order valence-corrected chi connectivity index (χ4v) is 4.21. The Morgan fingerprint density at radius 3 is 2.62 bits per heavy atom. The molecule has 0 radical (unpaired) electrons. The summed E-state index contributed by atoms with van der Waals surface area (Å²) in [5, 5.41) is 10.8. The predicted molar refractivity (Wildman–Crippen MR) is 128 cm³/mol. The van der Waals surface area contributed by atoms with Gasteiger partial charge in [0.25, 0.3) is 5.92 Å². The molecule has 34 heavy (non-hydrogen) atoms. The highest BCUT2D eigenvalue weighted by Gasteiger charge is 2.45. The molecule has 0 unspecified atom stereocenters. The number of hydrogen-bond acceptors (Lipinski definition) is 7. The highest BCUT2D eigenvalue weighted by molar-refractivity contribution is 6.33. The van der Waals surface area contributed by atoms with Crippen molar-refractivity contribution in [2.45, 2.75) is 52.0 Å². The number of benzene rings is 1. The summed E-state index contributed by atoms with van der Waals surface area (Å²) < 4.78 is 38.1. The van der Waals surface area contributed by atoms with E-state index < -0.39 is 5.92 Å². The second-order valence-corrected chi connectivity index (χ2v) is 9.03. The second-order valence-electron chi connectivity index (χ2n) is 8.62. The van der Waals surface area contributed by atoms with Gasteiger partial charge in [0, 0.05) is 30.0 Å². The molecule has 1 aliphatic carbocycles. The number of aromatic nitrogens is 3. The molecule has 0 spiro atoms. The maximum Gasteiger partial charge on any atom is 0.252 e. The van der Waals surface area contributed by atoms with Crippen molar-refractivity contribution < 1.29 is 18.0 Å². The van der Waals surface area contributed by atoms with Crippen molar-refractivity contribution in [2.75, 3.05) is 25.5 Å². The van der Waals surface area contributed by atoms with E-state index in [-0.39, 0.29) is 18.9 Å². The van der Waals surface area contributed by atoms with E-state index in [1.807, 2.05) is 27.8 Å². The number of nitrogens with one attached hydrogen (secondary N) is 2. The number of halogens is 3. The Bertz CT molecular complexity index is 1160. The second kappa shape index (κ2) is 9.84. The Hall–Kier alpha value is -2.78. The summed E-state index contributed by atoms with van der Waals surface area (Å²) in [6, 6.07) is 4.96. The van der Waals surface area contributed by atoms with Gasteiger partial charge in [0.1, 0.15) is 17.3 Å². The molecule has 1 fully saturated rings. The summed E-state index contributed by atoms with van der Waals surface area (Å²) in [6.07, 6.45) is 0.387. The molecule has 3 aromatic rings. The molecule has 2 heterocycles. The average molecular weight is 492 g/mol. The van der Waals surface area contributed by atoms with Crippen LogP contribution in [0.3, 0.4) is 0 Å². The van der Waals surface area contributed by atoms with Gasteiger partial charge in [-0.1, -0.05) is 16.8 Å². The summed E-state index contributed by atoms with van der Waals surface area (Å²) in [5.74, 6) is -0.545. The van der Waals surface area contributed by atoms with Gasteiger partial charge < -0.3 is 19.9 Å². The third-order valence-corrected chi connectivity index (χ3v) is 6.20. The van der Waals surface area contributed by atoms with E-state index >= 15 is 0 Å². The lowest BCUT2D eigenvalue weighted by molar-refractivity contribution is -0.0794. The molecule has 0 atom stereocenters. The van der Waals surface area contributed by atoms with Crippen LogP contribution in [0.1, 0.15) is 36.3 Å². The molecule has 0 saturated heterocycles. The zero-order valence-corrected chi connectivity index (χ0v) is 20.4. The molecule has 4 rings (SSSR count). The van der Waals surface area contributed by atoms with E-state index in [2.05, 4.69) is 20.8 Å². The Balaban J connectivity index is 1.75. The van der Waals surface area contributed by atoms with Crippen LogP contribution in [-0.4, -0.2) is 47.3 Å². The standard InChI is InChI=1S/C24H28ClF2N5O2/c1-13-21(20-14(2)32-34-15(20)3)30-23(31-22(13)29-16-11-24(26,27)12-16)18-10-17(6-7-19(18)25)33-9-5-8-28-4/h6-7,10,16,28H,5,8-9,11-12H2,1-4H3,(H,29,30,31). The highest BCUT2D eigenvalue weighted by Crippen LogP contribution is 2.41. The number of anilines is 1. The average Bonchev–Trinajstić information content (AvgIpc) is 3.10. The molecule has 1 aromatic carbocycles. The normalized spacial score (nSPS) is 15.3. The molecular weight excluding hydrogens is 464 g/mol. The van der Waals surface area contributed by atoms with Crippen molar-refractivity contribution in [1.29, 1.82) is 0 Å². The molecule has 2 aromatic heterocycles. The van der Waals surface area contributed by atoms with Crippen molar-refractivity contribution >= 4 is 17.4 Å². The lowest BCUT2D eigenvalue weighted by Crippen LogP contribution is -2.44. The minimum atomic E-state index is -2.64. The molecule has 10 heteroatoms. The first kappa shape index (κ1) is 24.3. The van der Waals surface area contributed by atoms with Gasteiger partial charge in [0.05, 0.1) is 28.6 Å². The maximum absolute atomic E-state index is 13.5. The monoisotopic (exact) mass is 491 g/mol. The number of ether oxygens (including phenoxy) is 1. The van der Waals surface area contributed by atoms with Crippen molar-refractivity contribution in [3.8, 4) is 28.4 Å². The fourth-order valence-electron chi connectivity index (χ4n) is 4.00. The van der Waals surface area contributed by atoms with Crippen LogP contribution in [0.5, 0.6) is 5.75 Å². The van der Waals surface area contributed by atoms with Gasteiger partial charge in [-0.2, -0.15) is 0 Å². The van der Waals surface area contributed by atoms with Crippen LogP contribution in [0.25, 0.3) is 22.6 Å². The first-order chi connectivity index (χ1) is 16.2. The smallest absolute Gasteiger partial charge is 0.252 e. The Morgan fingerprint density at radius 2 is 1.97 bits per heavy atom. The largest absolute Gasteiger partial charge is 0.494 e. The maximum atomic E-state index is 13.5. The lowest BCUT2D eigenvalue weighted by atomic mass is 9.88. The highest BCUT2D eigenvalue weighted by atomic mass is 35.5. The van der Waals surface area contributed by atoms with E-state index in [0.717, 1.165) is 24.1 Å². The van der Waals surface area contributed by atoms with Crippen molar-refractivity contribution in [2.24, 2.45) is 0 Å². The first-order valence-corrected chi connectivity index (χ1v) is 11.6. The summed E-state index contributed by atoms with van der Waals surface area (Å²) in [6.45, 7) is 6.89. The van der Waals surface area contributed by atoms with Gasteiger partial charge in [-0.25, -0.2) is 18.7 Å². The van der Waals surface area contributed by atoms with Crippen molar-refractivity contribution in [3.63, 3.8) is 0 Å². The van der Waals surface area contributed by atoms with Crippen LogP contribution < -0.4 is 15.4 Å². The van der Waals surface area contributed by atoms with Crippen molar-refractivity contribution in [3.05, 3.63) is 40.2 Å². The summed E-state index contributed by atoms with van der Waals surface area (Å²) in [4.78, 5) is 9.49. The van der Waals surface area contributed by atoms with Crippen LogP contribution in [0.4, 0.5) is 14.6 Å². The molecule has 0 aliphatic heterocycles. The van der Waals surface area contributed by atoms with Gasteiger partial charge in [0.2, 0.25) is 0 Å². The van der Waals surface area contributed by atoms with Gasteiger partial charge in [-0.3, -0.25) is 0 Å². The molecule has 0 bridgehead atoms. The van der Waals surface area contributed by atoms with Gasteiger partial charge in [-0.15, -0.1) is 0 Å². The number of rotatable bonds is 9. The Kier molecular flexibility index (Phi) is 7.04. The number of alkyl halides is 2. The number of aryl methyl sites for hydroxylation is 2. The lowest BCUT2D eigenvalue weighted by Gasteiger charge is -2.36. The minimum absolute atomic E-state index is 0.233. The SMILES string of the molecule is CNCCCOc1ccc(Cl)c(-c2nc(NC3CC(F)(F)C3)c(C)c(-c3c(C)noc3C)n2)c1. The van der Waals surface area contributed by atoms with E-state index in [0.29, 0.717) is 51.7 Å². The number of hydrogen-bond donors (Lipinski definition) is 2. The molecule has 7 nitrogen and oxygen atoms in total. The third-order valence-electron chi connectivity index (χ3n) is 5.87. The molecule has 182 valence electrons. The van der Waals surface area contributed by atoms with Gasteiger partial charge in [0.15, 0.2) is 5.82 Å². The zero-order chi connectivity index (χ0) is 24.5. The van der Waals surface area contributed by atoms with E-state index in [9.17, 15) is 8.78 Å². The molecule has 0 amide bonds. The molecular formula is C24H28ClF2N5O2. The fraction of sp³-hybridized carbons (Fsp3) is 0.458. The van der Waals surface area contributed by atoms with Gasteiger partial charge in [-0.05, 0) is 59.0 Å². The topological polar surface area (TPSA) is 85.1 Å². The van der Waals surface area contributed by atoms with E-state index in [1.165, 1.54) is 0 Å². The molecule has 2 N–H and O–H groups in total. The van der Waals surface area contributed by atoms with Gasteiger partial charge >= 0.3 is 0 Å². The van der Waals surface area contributed by atoms with Crippen LogP contribution in [0.15, 0.2) is 22.7 Å². The summed E-state index contributed by atoms with van der Waals surface area (Å²) in [7, 11) is 1.89. The number of nitrogens with zero attached hydrogens (tertiary/aromatic N) is 3. The van der Waals surface area contributed by atoms with E-state index in [4.69, 9.17) is 25.8 Å². The molecule has 1 aliphatic rings. The van der Waals surface area contributed by atoms with Crippen LogP contribution >= 0.6 is 11.6 Å².